The molecule has 0 fully saturated rings. The van der Waals surface area contributed by atoms with Gasteiger partial charge in [-0.15, -0.1) is 0 Å². The number of carbonyl (C=O) groups is 1. The minimum atomic E-state index is 0.468. The molecule has 2 aromatic rings. The first-order chi connectivity index (χ1) is 9.83. The Bertz CT molecular complexity index is 588. The fraction of sp³-hybridized carbons (Fsp3) is 0.118. The second-order valence-electron chi connectivity index (χ2n) is 4.17. The van der Waals surface area contributed by atoms with Gasteiger partial charge in [0.1, 0.15) is 24.4 Å². The van der Waals surface area contributed by atoms with Gasteiger partial charge in [0.05, 0.1) is 7.11 Å². The van der Waals surface area contributed by atoms with E-state index < -0.39 is 0 Å². The van der Waals surface area contributed by atoms with Crippen LogP contribution >= 0.6 is 0 Å². The molecule has 0 atom stereocenters. The van der Waals surface area contributed by atoms with E-state index >= 15 is 0 Å². The molecule has 0 saturated carbocycles. The van der Waals surface area contributed by atoms with E-state index in [-0.39, 0.29) is 0 Å². The zero-order chi connectivity index (χ0) is 14.2. The Morgan fingerprint density at radius 2 is 1.90 bits per heavy atom. The number of methoxy groups -OCH3 is 1. The van der Waals surface area contributed by atoms with Gasteiger partial charge < -0.3 is 9.47 Å². The molecule has 102 valence electrons. The fourth-order valence-electron chi connectivity index (χ4n) is 1.78. The summed E-state index contributed by atoms with van der Waals surface area (Å²) < 4.78 is 11.0. The molecule has 0 heterocycles. The second kappa shape index (κ2) is 7.14. The molecule has 0 aliphatic rings. The van der Waals surface area contributed by atoms with Crippen LogP contribution in [0, 0.1) is 0 Å². The Labute approximate surface area is 118 Å². The largest absolute Gasteiger partial charge is 0.497 e. The van der Waals surface area contributed by atoms with Crippen molar-refractivity contribution in [1.82, 2.24) is 0 Å². The Hall–Kier alpha value is -2.55. The average molecular weight is 268 g/mol. The third-order valence-electron chi connectivity index (χ3n) is 2.81. The van der Waals surface area contributed by atoms with Crippen molar-refractivity contribution in [2.24, 2.45) is 0 Å². The van der Waals surface area contributed by atoms with Gasteiger partial charge in [-0.25, -0.2) is 0 Å². The number of benzene rings is 2. The molecule has 0 bridgehead atoms. The first-order valence-corrected chi connectivity index (χ1v) is 6.30. The third-order valence-corrected chi connectivity index (χ3v) is 2.81. The van der Waals surface area contributed by atoms with Crippen LogP contribution in [0.1, 0.15) is 11.1 Å². The first-order valence-electron chi connectivity index (χ1n) is 6.30. The molecule has 20 heavy (non-hydrogen) atoms. The van der Waals surface area contributed by atoms with E-state index in [0.29, 0.717) is 12.4 Å². The van der Waals surface area contributed by atoms with Crippen LogP contribution < -0.4 is 9.47 Å². The van der Waals surface area contributed by atoms with Crippen LogP contribution in [0.3, 0.4) is 0 Å². The van der Waals surface area contributed by atoms with Crippen molar-refractivity contribution in [3.05, 3.63) is 65.7 Å². The maximum Gasteiger partial charge on any atom is 0.142 e. The lowest BCUT2D eigenvalue weighted by atomic mass is 10.1. The van der Waals surface area contributed by atoms with E-state index in [1.54, 1.807) is 13.2 Å². The van der Waals surface area contributed by atoms with Gasteiger partial charge in [0.15, 0.2) is 0 Å². The molecule has 0 N–H and O–H groups in total. The second-order valence-corrected chi connectivity index (χ2v) is 4.17. The molecule has 0 aliphatic carbocycles. The zero-order valence-corrected chi connectivity index (χ0v) is 11.3. The van der Waals surface area contributed by atoms with Crippen molar-refractivity contribution >= 4 is 12.4 Å². The van der Waals surface area contributed by atoms with Gasteiger partial charge in [0.2, 0.25) is 0 Å². The monoisotopic (exact) mass is 268 g/mol. The van der Waals surface area contributed by atoms with Gasteiger partial charge >= 0.3 is 0 Å². The molecule has 3 heteroatoms. The highest BCUT2D eigenvalue weighted by Gasteiger charge is 2.04. The minimum Gasteiger partial charge on any atom is -0.497 e. The van der Waals surface area contributed by atoms with Crippen LogP contribution in [0.25, 0.3) is 6.08 Å². The van der Waals surface area contributed by atoms with Gasteiger partial charge in [0, 0.05) is 11.6 Å². The van der Waals surface area contributed by atoms with Crippen molar-refractivity contribution in [2.75, 3.05) is 7.11 Å². The summed E-state index contributed by atoms with van der Waals surface area (Å²) in [5.74, 6) is 1.41. The summed E-state index contributed by atoms with van der Waals surface area (Å²) in [7, 11) is 1.61. The maximum absolute atomic E-state index is 10.4. The van der Waals surface area contributed by atoms with Crippen LogP contribution in [0.4, 0.5) is 0 Å². The van der Waals surface area contributed by atoms with Crippen molar-refractivity contribution in [3.8, 4) is 11.5 Å². The van der Waals surface area contributed by atoms with Crippen molar-refractivity contribution in [2.45, 2.75) is 6.61 Å². The van der Waals surface area contributed by atoms with Gasteiger partial charge in [-0.3, -0.25) is 4.79 Å². The molecule has 0 amide bonds. The van der Waals surface area contributed by atoms with Gasteiger partial charge in [0.25, 0.3) is 0 Å². The van der Waals surface area contributed by atoms with Crippen molar-refractivity contribution < 1.29 is 14.3 Å². The number of hydrogen-bond donors (Lipinski definition) is 0. The lowest BCUT2D eigenvalue weighted by Gasteiger charge is -2.11. The highest BCUT2D eigenvalue weighted by Crippen LogP contribution is 2.26. The lowest BCUT2D eigenvalue weighted by Crippen LogP contribution is -1.97. The number of allylic oxidation sites excluding steroid dienone is 1. The Morgan fingerprint density at radius 1 is 1.10 bits per heavy atom. The van der Waals surface area contributed by atoms with Crippen LogP contribution in [0.5, 0.6) is 11.5 Å². The van der Waals surface area contributed by atoms with Crippen molar-refractivity contribution in [3.63, 3.8) is 0 Å². The minimum absolute atomic E-state index is 0.468. The summed E-state index contributed by atoms with van der Waals surface area (Å²) in [4.78, 5) is 10.4. The van der Waals surface area contributed by atoms with E-state index in [1.165, 1.54) is 6.08 Å². The van der Waals surface area contributed by atoms with Crippen LogP contribution in [0.2, 0.25) is 0 Å². The van der Waals surface area contributed by atoms with Gasteiger partial charge in [-0.1, -0.05) is 30.3 Å². The molecule has 0 aromatic heterocycles. The summed E-state index contributed by atoms with van der Waals surface area (Å²) in [6.07, 6.45) is 3.90. The number of carbonyl (C=O) groups excluding carboxylic acids is 1. The molecule has 0 unspecified atom stereocenters. The number of ether oxygens (including phenoxy) is 2. The SMILES string of the molecule is COc1ccc(C=CC=O)c(OCc2ccccc2)c1. The average Bonchev–Trinajstić information content (AvgIpc) is 2.52. The predicted octanol–water partition coefficient (Wildman–Crippen LogP) is 3.49. The smallest absolute Gasteiger partial charge is 0.142 e. The Balaban J connectivity index is 2.19. The summed E-state index contributed by atoms with van der Waals surface area (Å²) in [5, 5.41) is 0. The quantitative estimate of drug-likeness (QED) is 0.594. The van der Waals surface area contributed by atoms with E-state index in [0.717, 1.165) is 23.2 Å². The van der Waals surface area contributed by atoms with Crippen LogP contribution in [0.15, 0.2) is 54.6 Å². The van der Waals surface area contributed by atoms with Crippen LogP contribution in [-0.2, 0) is 11.4 Å². The number of aldehydes is 1. The maximum atomic E-state index is 10.4. The summed E-state index contributed by atoms with van der Waals surface area (Å²) >= 11 is 0. The molecule has 0 saturated heterocycles. The van der Waals surface area contributed by atoms with Crippen LogP contribution in [-0.4, -0.2) is 13.4 Å². The first kappa shape index (κ1) is 13.9. The molecular weight excluding hydrogens is 252 g/mol. The van der Waals surface area contributed by atoms with Gasteiger partial charge in [-0.2, -0.15) is 0 Å². The predicted molar refractivity (Wildman–Crippen MR) is 78.9 cm³/mol. The number of hydrogen-bond acceptors (Lipinski definition) is 3. The molecule has 2 rings (SSSR count). The standard InChI is InChI=1S/C17H16O3/c1-19-16-10-9-15(8-5-11-18)17(12-16)20-13-14-6-3-2-4-7-14/h2-12H,13H2,1H3. The van der Waals surface area contributed by atoms with Crippen molar-refractivity contribution in [1.29, 1.82) is 0 Å². The van der Waals surface area contributed by atoms with E-state index in [2.05, 4.69) is 0 Å². The molecule has 0 spiro atoms. The molecule has 2 aromatic carbocycles. The Kier molecular flexibility index (Phi) is 4.95. The molecule has 0 aliphatic heterocycles. The highest BCUT2D eigenvalue weighted by molar-refractivity contribution is 5.75. The van der Waals surface area contributed by atoms with E-state index in [4.69, 9.17) is 9.47 Å². The fourth-order valence-corrected chi connectivity index (χ4v) is 1.78. The van der Waals surface area contributed by atoms with E-state index in [9.17, 15) is 4.79 Å². The third kappa shape index (κ3) is 3.72. The molecule has 3 nitrogen and oxygen atoms in total. The summed E-state index contributed by atoms with van der Waals surface area (Å²) in [5.41, 5.74) is 1.93. The van der Waals surface area contributed by atoms with Gasteiger partial charge in [-0.05, 0) is 29.8 Å². The summed E-state index contributed by atoms with van der Waals surface area (Å²) in [6.45, 7) is 0.468. The Morgan fingerprint density at radius 3 is 2.60 bits per heavy atom. The lowest BCUT2D eigenvalue weighted by molar-refractivity contribution is -0.104. The van der Waals surface area contributed by atoms with E-state index in [1.807, 2.05) is 48.5 Å². The number of rotatable bonds is 6. The molecule has 0 radical (unpaired) electrons. The summed E-state index contributed by atoms with van der Waals surface area (Å²) in [6, 6.07) is 15.4. The topological polar surface area (TPSA) is 35.5 Å². The highest BCUT2D eigenvalue weighted by atomic mass is 16.5. The normalized spacial score (nSPS) is 10.4. The zero-order valence-electron chi connectivity index (χ0n) is 11.3. The molecular formula is C17H16O3.